The highest BCUT2D eigenvalue weighted by atomic mass is 15.2. The summed E-state index contributed by atoms with van der Waals surface area (Å²) in [4.78, 5) is 5.15. The van der Waals surface area contributed by atoms with Crippen LogP contribution in [0.1, 0.15) is 0 Å². The molecule has 0 atom stereocenters. The lowest BCUT2D eigenvalue weighted by molar-refractivity contribution is 1.16. The second-order valence-corrected chi connectivity index (χ2v) is 22.3. The van der Waals surface area contributed by atoms with Crippen LogP contribution in [0.4, 0.5) is 34.1 Å². The van der Waals surface area contributed by atoms with Gasteiger partial charge in [0.05, 0.1) is 16.7 Å². The Hall–Kier alpha value is -10.9. The quantitative estimate of drug-likeness (QED) is 0.111. The van der Waals surface area contributed by atoms with Crippen LogP contribution in [0.25, 0.3) is 105 Å². The lowest BCUT2D eigenvalue weighted by atomic mass is 9.33. The first kappa shape index (κ1) is 47.8. The molecular formula is C80H52BN3. The Morgan fingerprint density at radius 3 is 0.976 bits per heavy atom. The molecule has 4 heteroatoms. The first-order chi connectivity index (χ1) is 41.7. The van der Waals surface area contributed by atoms with Gasteiger partial charge in [-0.15, -0.1) is 0 Å². The molecule has 0 fully saturated rings. The van der Waals surface area contributed by atoms with E-state index in [9.17, 15) is 0 Å². The van der Waals surface area contributed by atoms with E-state index < -0.39 is 0 Å². The number of rotatable bonds is 8. The summed E-state index contributed by atoms with van der Waals surface area (Å²) in [6.07, 6.45) is 0. The summed E-state index contributed by atoms with van der Waals surface area (Å²) in [7, 11) is 0. The zero-order valence-corrected chi connectivity index (χ0v) is 45.9. The summed E-state index contributed by atoms with van der Waals surface area (Å²) < 4.78 is 2.50. The summed E-state index contributed by atoms with van der Waals surface area (Å²) in [5.41, 5.74) is 26.0. The van der Waals surface area contributed by atoms with E-state index in [-0.39, 0.29) is 6.71 Å². The zero-order chi connectivity index (χ0) is 55.2. The van der Waals surface area contributed by atoms with Gasteiger partial charge in [0.2, 0.25) is 0 Å². The van der Waals surface area contributed by atoms with E-state index in [1.807, 2.05) is 0 Å². The van der Waals surface area contributed by atoms with Gasteiger partial charge in [0.1, 0.15) is 0 Å². The molecule has 390 valence electrons. The van der Waals surface area contributed by atoms with E-state index in [2.05, 4.69) is 330 Å². The molecule has 3 heterocycles. The first-order valence-corrected chi connectivity index (χ1v) is 29.1. The fourth-order valence-electron chi connectivity index (χ4n) is 14.0. The van der Waals surface area contributed by atoms with Crippen LogP contribution in [0.15, 0.2) is 315 Å². The third-order valence-electron chi connectivity index (χ3n) is 17.7. The Morgan fingerprint density at radius 2 is 0.536 bits per heavy atom. The number of benzene rings is 14. The minimum Gasteiger partial charge on any atom is -0.311 e. The molecule has 0 N–H and O–H groups in total. The van der Waals surface area contributed by atoms with Crippen molar-refractivity contribution in [2.45, 2.75) is 0 Å². The van der Waals surface area contributed by atoms with Crippen LogP contribution in [0.2, 0.25) is 0 Å². The predicted molar refractivity (Wildman–Crippen MR) is 357 cm³/mol. The molecule has 2 aliphatic rings. The van der Waals surface area contributed by atoms with E-state index in [1.165, 1.54) is 115 Å². The van der Waals surface area contributed by atoms with Crippen molar-refractivity contribution in [2.75, 3.05) is 9.80 Å². The van der Waals surface area contributed by atoms with Crippen molar-refractivity contribution in [2.24, 2.45) is 0 Å². The van der Waals surface area contributed by atoms with Gasteiger partial charge in [-0.1, -0.05) is 255 Å². The Balaban J connectivity index is 0.985. The van der Waals surface area contributed by atoms with Gasteiger partial charge in [0.25, 0.3) is 6.71 Å². The SMILES string of the molecule is c1ccc(-c2ccc(N3c4cc(-c5ccccc5)ccc4B4c5ccc(-c6c7ccccc7c(-c7ccccc7)c7ccccc67)cc5N(c5ccc(-c6ccccc6)cc5)c5cc(-n6c7ccccc7c7ccccc76)cc3c54)cc2)cc1. The maximum absolute atomic E-state index is 2.59. The number of anilines is 6. The van der Waals surface area contributed by atoms with E-state index in [4.69, 9.17) is 0 Å². The lowest BCUT2D eigenvalue weighted by Crippen LogP contribution is -2.61. The Labute approximate surface area is 488 Å². The van der Waals surface area contributed by atoms with Gasteiger partial charge >= 0.3 is 0 Å². The van der Waals surface area contributed by atoms with Gasteiger partial charge in [0.15, 0.2) is 0 Å². The average molecular weight is 1070 g/mol. The molecule has 15 aromatic rings. The van der Waals surface area contributed by atoms with Gasteiger partial charge in [-0.2, -0.15) is 0 Å². The molecule has 0 radical (unpaired) electrons. The van der Waals surface area contributed by atoms with E-state index in [1.54, 1.807) is 0 Å². The summed E-state index contributed by atoms with van der Waals surface area (Å²) >= 11 is 0. The Bertz CT molecular complexity index is 4950. The van der Waals surface area contributed by atoms with Crippen molar-refractivity contribution in [3.05, 3.63) is 315 Å². The molecule has 14 aromatic carbocycles. The van der Waals surface area contributed by atoms with Crippen molar-refractivity contribution in [1.82, 2.24) is 4.57 Å². The molecule has 0 bridgehead atoms. The highest BCUT2D eigenvalue weighted by molar-refractivity contribution is 7.00. The number of fused-ring (bicyclic) bond motifs is 9. The molecule has 2 aliphatic heterocycles. The van der Waals surface area contributed by atoms with Gasteiger partial charge in [-0.05, 0) is 154 Å². The van der Waals surface area contributed by atoms with Crippen molar-refractivity contribution in [3.8, 4) is 61.3 Å². The third kappa shape index (κ3) is 7.54. The van der Waals surface area contributed by atoms with E-state index in [0.717, 1.165) is 39.8 Å². The van der Waals surface area contributed by atoms with Crippen molar-refractivity contribution in [1.29, 1.82) is 0 Å². The Kier molecular flexibility index (Phi) is 11.0. The number of aromatic nitrogens is 1. The van der Waals surface area contributed by atoms with Gasteiger partial charge in [0, 0.05) is 44.9 Å². The standard InChI is InChI=1S/C80H52BN3/c1-5-21-53(22-6-1)56-37-43-61(44-38-56)82-74-49-59(55-25-9-3-10-26-55)41-47-70(74)81-71-48-42-60(79-68-33-15-13-31-66(68)78(58-27-11-4-12-28-58)67-32-14-16-34-69(67)79)50-75(71)83(62-45-39-57(40-46-62)54-23-7-2-8-24-54)77-52-63(51-76(82)80(77)81)84-72-35-19-17-29-64(72)65-30-18-20-36-73(65)84/h1-52H. The molecule has 17 rings (SSSR count). The Morgan fingerprint density at radius 1 is 0.214 bits per heavy atom. The van der Waals surface area contributed by atoms with Crippen LogP contribution >= 0.6 is 0 Å². The number of hydrogen-bond donors (Lipinski definition) is 0. The molecule has 1 aromatic heterocycles. The maximum Gasteiger partial charge on any atom is 0.252 e. The molecule has 0 amide bonds. The number of nitrogens with zero attached hydrogens (tertiary/aromatic N) is 3. The minimum atomic E-state index is -0.125. The van der Waals surface area contributed by atoms with Crippen LogP contribution in [0.3, 0.4) is 0 Å². The fourth-order valence-corrected chi connectivity index (χ4v) is 14.0. The molecule has 0 aliphatic carbocycles. The van der Waals surface area contributed by atoms with Gasteiger partial charge in [-0.3, -0.25) is 0 Å². The highest BCUT2D eigenvalue weighted by Crippen LogP contribution is 2.50. The molecular weight excluding hydrogens is 1010 g/mol. The van der Waals surface area contributed by atoms with Crippen LogP contribution in [-0.2, 0) is 0 Å². The van der Waals surface area contributed by atoms with E-state index >= 15 is 0 Å². The molecule has 0 saturated carbocycles. The molecule has 0 spiro atoms. The van der Waals surface area contributed by atoms with Crippen molar-refractivity contribution >= 4 is 101 Å². The van der Waals surface area contributed by atoms with Crippen LogP contribution in [0.5, 0.6) is 0 Å². The van der Waals surface area contributed by atoms with Crippen LogP contribution in [-0.4, -0.2) is 11.3 Å². The van der Waals surface area contributed by atoms with Gasteiger partial charge < -0.3 is 14.4 Å². The molecule has 0 unspecified atom stereocenters. The van der Waals surface area contributed by atoms with Crippen molar-refractivity contribution < 1.29 is 0 Å². The summed E-state index contributed by atoms with van der Waals surface area (Å²) in [5, 5.41) is 7.38. The molecule has 0 saturated heterocycles. The summed E-state index contributed by atoms with van der Waals surface area (Å²) in [6, 6.07) is 117. The van der Waals surface area contributed by atoms with Crippen LogP contribution in [0, 0.1) is 0 Å². The minimum absolute atomic E-state index is 0.125. The van der Waals surface area contributed by atoms with E-state index in [0.29, 0.717) is 0 Å². The number of hydrogen-bond acceptors (Lipinski definition) is 2. The maximum atomic E-state index is 2.59. The smallest absolute Gasteiger partial charge is 0.252 e. The topological polar surface area (TPSA) is 11.4 Å². The second kappa shape index (κ2) is 19.4. The zero-order valence-electron chi connectivity index (χ0n) is 45.9. The van der Waals surface area contributed by atoms with Gasteiger partial charge in [-0.25, -0.2) is 0 Å². The highest BCUT2D eigenvalue weighted by Gasteiger charge is 2.44. The summed E-state index contributed by atoms with van der Waals surface area (Å²) in [6.45, 7) is -0.125. The van der Waals surface area contributed by atoms with Crippen LogP contribution < -0.4 is 26.2 Å². The average Bonchev–Trinajstić information content (AvgIpc) is 3.26. The number of para-hydroxylation sites is 2. The second-order valence-electron chi connectivity index (χ2n) is 22.3. The fraction of sp³-hybridized carbons (Fsp3) is 0. The largest absolute Gasteiger partial charge is 0.311 e. The molecule has 3 nitrogen and oxygen atoms in total. The third-order valence-corrected chi connectivity index (χ3v) is 17.7. The molecule has 84 heavy (non-hydrogen) atoms. The monoisotopic (exact) mass is 1070 g/mol. The van der Waals surface area contributed by atoms with Crippen molar-refractivity contribution in [3.63, 3.8) is 0 Å². The normalized spacial score (nSPS) is 12.5. The predicted octanol–water partition coefficient (Wildman–Crippen LogP) is 19.5. The lowest BCUT2D eigenvalue weighted by Gasteiger charge is -2.44. The first-order valence-electron chi connectivity index (χ1n) is 29.1. The summed E-state index contributed by atoms with van der Waals surface area (Å²) in [5.74, 6) is 0.